The van der Waals surface area contributed by atoms with Gasteiger partial charge in [-0.2, -0.15) is 0 Å². The number of carbonyl (C=O) groups is 2. The second-order valence-electron chi connectivity index (χ2n) is 5.63. The van der Waals surface area contributed by atoms with Crippen molar-refractivity contribution < 1.29 is 23.5 Å². The standard InChI is InChI=1S/C20H17Br2FO4/c1-26-18(24)20(23,19(25)27-2)17(14-6-10-16(22)11-7-14)12-5-13-3-8-15(21)9-4-13/h3-12,17H,1-2H3/b12-5+. The Morgan fingerprint density at radius 3 is 1.81 bits per heavy atom. The molecular formula is C20H17Br2FO4. The zero-order valence-electron chi connectivity index (χ0n) is 14.6. The van der Waals surface area contributed by atoms with Gasteiger partial charge in [-0.25, -0.2) is 14.0 Å². The van der Waals surface area contributed by atoms with E-state index in [1.54, 1.807) is 30.3 Å². The summed E-state index contributed by atoms with van der Waals surface area (Å²) in [6.07, 6.45) is 3.10. The van der Waals surface area contributed by atoms with Gasteiger partial charge in [-0.05, 0) is 35.4 Å². The largest absolute Gasteiger partial charge is 0.466 e. The zero-order valence-corrected chi connectivity index (χ0v) is 17.8. The molecule has 0 aliphatic rings. The molecule has 0 aromatic heterocycles. The van der Waals surface area contributed by atoms with Crippen LogP contribution in [0.5, 0.6) is 0 Å². The van der Waals surface area contributed by atoms with Crippen LogP contribution in [0.4, 0.5) is 4.39 Å². The van der Waals surface area contributed by atoms with Crippen molar-refractivity contribution in [1.82, 2.24) is 0 Å². The van der Waals surface area contributed by atoms with E-state index in [-0.39, 0.29) is 0 Å². The summed E-state index contributed by atoms with van der Waals surface area (Å²) < 4.78 is 26.6. The average molecular weight is 500 g/mol. The number of alkyl halides is 1. The molecule has 0 N–H and O–H groups in total. The molecule has 4 nitrogen and oxygen atoms in total. The van der Waals surface area contributed by atoms with Crippen molar-refractivity contribution in [2.24, 2.45) is 0 Å². The minimum Gasteiger partial charge on any atom is -0.466 e. The van der Waals surface area contributed by atoms with E-state index < -0.39 is 23.5 Å². The molecule has 1 unspecified atom stereocenters. The second kappa shape index (κ2) is 9.28. The molecule has 0 saturated carbocycles. The first-order valence-electron chi connectivity index (χ1n) is 7.88. The molecule has 0 amide bonds. The topological polar surface area (TPSA) is 52.6 Å². The van der Waals surface area contributed by atoms with E-state index in [2.05, 4.69) is 41.3 Å². The summed E-state index contributed by atoms with van der Waals surface area (Å²) in [7, 11) is 2.05. The molecule has 27 heavy (non-hydrogen) atoms. The summed E-state index contributed by atoms with van der Waals surface area (Å²) in [5.41, 5.74) is -1.83. The van der Waals surface area contributed by atoms with E-state index in [0.29, 0.717) is 5.56 Å². The minimum atomic E-state index is -3.02. The summed E-state index contributed by atoms with van der Waals surface area (Å²) in [6, 6.07) is 13.9. The van der Waals surface area contributed by atoms with Crippen molar-refractivity contribution in [2.45, 2.75) is 11.6 Å². The predicted octanol–water partition coefficient (Wildman–Crippen LogP) is 5.06. The van der Waals surface area contributed by atoms with Crippen LogP contribution in [0.25, 0.3) is 6.08 Å². The fraction of sp³-hybridized carbons (Fsp3) is 0.200. The summed E-state index contributed by atoms with van der Waals surface area (Å²) in [4.78, 5) is 24.4. The first-order chi connectivity index (χ1) is 12.8. The second-order valence-corrected chi connectivity index (χ2v) is 7.47. The predicted molar refractivity (Wildman–Crippen MR) is 108 cm³/mol. The lowest BCUT2D eigenvalue weighted by Crippen LogP contribution is -2.48. The fourth-order valence-electron chi connectivity index (χ4n) is 2.56. The van der Waals surface area contributed by atoms with Gasteiger partial charge in [-0.1, -0.05) is 68.3 Å². The summed E-state index contributed by atoms with van der Waals surface area (Å²) >= 11 is 6.66. The molecule has 142 valence electrons. The van der Waals surface area contributed by atoms with Crippen LogP contribution < -0.4 is 0 Å². The van der Waals surface area contributed by atoms with Crippen LogP contribution in [0, 0.1) is 0 Å². The smallest absolute Gasteiger partial charge is 0.356 e. The Labute approximate surface area is 173 Å². The van der Waals surface area contributed by atoms with Gasteiger partial charge in [0.1, 0.15) is 0 Å². The molecule has 0 saturated heterocycles. The van der Waals surface area contributed by atoms with Crippen LogP contribution in [0.15, 0.2) is 63.6 Å². The molecule has 0 radical (unpaired) electrons. The van der Waals surface area contributed by atoms with E-state index >= 15 is 4.39 Å². The molecule has 0 heterocycles. The normalized spacial score (nSPS) is 12.6. The number of esters is 2. The van der Waals surface area contributed by atoms with Crippen molar-refractivity contribution >= 4 is 49.9 Å². The van der Waals surface area contributed by atoms with E-state index in [1.165, 1.54) is 6.08 Å². The highest BCUT2D eigenvalue weighted by Crippen LogP contribution is 2.37. The monoisotopic (exact) mass is 498 g/mol. The average Bonchev–Trinajstić information content (AvgIpc) is 2.69. The number of hydrogen-bond acceptors (Lipinski definition) is 4. The molecule has 1 atom stereocenters. The molecule has 0 bridgehead atoms. The number of hydrogen-bond donors (Lipinski definition) is 0. The number of ether oxygens (including phenoxy) is 2. The molecule has 2 aromatic carbocycles. The number of carbonyl (C=O) groups excluding carboxylic acids is 2. The number of methoxy groups -OCH3 is 2. The molecular weight excluding hydrogens is 483 g/mol. The summed E-state index contributed by atoms with van der Waals surface area (Å²) in [6.45, 7) is 0. The van der Waals surface area contributed by atoms with Crippen LogP contribution in [-0.4, -0.2) is 31.8 Å². The van der Waals surface area contributed by atoms with Crippen LogP contribution in [0.3, 0.4) is 0 Å². The third kappa shape index (κ3) is 4.84. The van der Waals surface area contributed by atoms with Crippen LogP contribution in [0.1, 0.15) is 17.0 Å². The van der Waals surface area contributed by atoms with Gasteiger partial charge >= 0.3 is 17.6 Å². The molecule has 0 fully saturated rings. The van der Waals surface area contributed by atoms with Gasteiger partial charge in [0, 0.05) is 8.95 Å². The van der Waals surface area contributed by atoms with Crippen molar-refractivity contribution in [2.75, 3.05) is 14.2 Å². The Morgan fingerprint density at radius 1 is 0.926 bits per heavy atom. The van der Waals surface area contributed by atoms with Gasteiger partial charge in [0.15, 0.2) is 0 Å². The molecule has 2 rings (SSSR count). The number of rotatable bonds is 6. The highest BCUT2D eigenvalue weighted by Gasteiger charge is 2.55. The van der Waals surface area contributed by atoms with Gasteiger partial charge in [-0.3, -0.25) is 0 Å². The quantitative estimate of drug-likeness (QED) is 0.411. The molecule has 7 heteroatoms. The Hall–Kier alpha value is -1.99. The SMILES string of the molecule is COC(=O)C(F)(C(=O)OC)C(/C=C/c1ccc(Br)cc1)c1ccc(Br)cc1. The fourth-order valence-corrected chi connectivity index (χ4v) is 3.09. The third-order valence-electron chi connectivity index (χ3n) is 3.97. The van der Waals surface area contributed by atoms with Crippen molar-refractivity contribution in [3.05, 3.63) is 74.7 Å². The lowest BCUT2D eigenvalue weighted by molar-refractivity contribution is -0.172. The van der Waals surface area contributed by atoms with Gasteiger partial charge in [-0.15, -0.1) is 0 Å². The maximum Gasteiger partial charge on any atom is 0.356 e. The van der Waals surface area contributed by atoms with Crippen LogP contribution in [-0.2, 0) is 19.1 Å². The highest BCUT2D eigenvalue weighted by atomic mass is 79.9. The molecule has 0 aliphatic carbocycles. The number of benzene rings is 2. The Morgan fingerprint density at radius 2 is 1.37 bits per heavy atom. The van der Waals surface area contributed by atoms with E-state index in [4.69, 9.17) is 0 Å². The number of allylic oxidation sites excluding steroid dienone is 1. The zero-order chi connectivity index (χ0) is 20.0. The van der Waals surface area contributed by atoms with Crippen LogP contribution in [0.2, 0.25) is 0 Å². The Balaban J connectivity index is 2.56. The van der Waals surface area contributed by atoms with E-state index in [9.17, 15) is 9.59 Å². The first-order valence-corrected chi connectivity index (χ1v) is 9.46. The van der Waals surface area contributed by atoms with E-state index in [0.717, 1.165) is 28.7 Å². The van der Waals surface area contributed by atoms with E-state index in [1.807, 2.05) is 24.3 Å². The number of halogens is 3. The molecule has 2 aromatic rings. The Bertz CT molecular complexity index is 816. The first kappa shape index (κ1) is 21.3. The van der Waals surface area contributed by atoms with Gasteiger partial charge in [0.05, 0.1) is 20.1 Å². The summed E-state index contributed by atoms with van der Waals surface area (Å²) in [5.74, 6) is -3.88. The maximum absolute atomic E-state index is 15.8. The molecule has 0 spiro atoms. The van der Waals surface area contributed by atoms with Crippen molar-refractivity contribution in [3.63, 3.8) is 0 Å². The summed E-state index contributed by atoms with van der Waals surface area (Å²) in [5, 5.41) is 0. The highest BCUT2D eigenvalue weighted by molar-refractivity contribution is 9.10. The van der Waals surface area contributed by atoms with Crippen LogP contribution >= 0.6 is 31.9 Å². The maximum atomic E-state index is 15.8. The van der Waals surface area contributed by atoms with Crippen molar-refractivity contribution in [3.8, 4) is 0 Å². The lowest BCUT2D eigenvalue weighted by Gasteiger charge is -2.27. The molecule has 0 aliphatic heterocycles. The Kier molecular flexibility index (Phi) is 7.33. The van der Waals surface area contributed by atoms with Gasteiger partial charge in [0.25, 0.3) is 0 Å². The minimum absolute atomic E-state index is 0.421. The third-order valence-corrected chi connectivity index (χ3v) is 5.03. The lowest BCUT2D eigenvalue weighted by atomic mass is 9.82. The van der Waals surface area contributed by atoms with Gasteiger partial charge < -0.3 is 9.47 Å². The van der Waals surface area contributed by atoms with Crippen molar-refractivity contribution in [1.29, 1.82) is 0 Å². The van der Waals surface area contributed by atoms with Gasteiger partial charge in [0.2, 0.25) is 0 Å².